The molecule has 5 nitrogen and oxygen atoms in total. The Bertz CT molecular complexity index is 310. The molecule has 6 heteroatoms. The number of hydrogen-bond donors (Lipinski definition) is 3. The van der Waals surface area contributed by atoms with E-state index in [1.165, 1.54) is 0 Å². The lowest BCUT2D eigenvalue weighted by molar-refractivity contribution is -0.128. The van der Waals surface area contributed by atoms with Crippen LogP contribution in [0.1, 0.15) is 33.6 Å². The van der Waals surface area contributed by atoms with E-state index in [0.29, 0.717) is 19.0 Å². The van der Waals surface area contributed by atoms with Gasteiger partial charge in [-0.2, -0.15) is 0 Å². The molecule has 0 radical (unpaired) electrons. The van der Waals surface area contributed by atoms with E-state index in [1.54, 1.807) is 0 Å². The van der Waals surface area contributed by atoms with Crippen LogP contribution in [0.2, 0.25) is 0 Å². The summed E-state index contributed by atoms with van der Waals surface area (Å²) in [7, 11) is 0. The van der Waals surface area contributed by atoms with Gasteiger partial charge in [-0.25, -0.2) is 0 Å². The maximum atomic E-state index is 12.0. The summed E-state index contributed by atoms with van der Waals surface area (Å²) in [5.41, 5.74) is 5.35. The molecule has 4 N–H and O–H groups in total. The van der Waals surface area contributed by atoms with Gasteiger partial charge in [0, 0.05) is 25.0 Å². The van der Waals surface area contributed by atoms with Crippen LogP contribution in [-0.2, 0) is 9.59 Å². The molecule has 1 heterocycles. The molecule has 18 heavy (non-hydrogen) atoms. The molecule has 2 amide bonds. The summed E-state index contributed by atoms with van der Waals surface area (Å²) in [6.07, 6.45) is 1.12. The maximum Gasteiger partial charge on any atom is 0.225 e. The van der Waals surface area contributed by atoms with Crippen LogP contribution in [0.15, 0.2) is 0 Å². The minimum atomic E-state index is -0.378. The third kappa shape index (κ3) is 4.82. The van der Waals surface area contributed by atoms with Gasteiger partial charge in [-0.1, -0.05) is 13.8 Å². The maximum absolute atomic E-state index is 12.0. The van der Waals surface area contributed by atoms with Crippen LogP contribution < -0.4 is 16.4 Å². The smallest absolute Gasteiger partial charge is 0.225 e. The largest absolute Gasteiger partial charge is 0.355 e. The van der Waals surface area contributed by atoms with Gasteiger partial charge in [0.2, 0.25) is 11.8 Å². The number of nitrogens with two attached hydrogens (primary N) is 1. The number of amides is 2. The fourth-order valence-electron chi connectivity index (χ4n) is 2.28. The summed E-state index contributed by atoms with van der Waals surface area (Å²) in [6, 6.07) is 0. The van der Waals surface area contributed by atoms with Crippen molar-refractivity contribution in [1.29, 1.82) is 0 Å². The fraction of sp³-hybridized carbons (Fsp3) is 0.833. The van der Waals surface area contributed by atoms with Crippen molar-refractivity contribution in [2.45, 2.75) is 39.2 Å². The van der Waals surface area contributed by atoms with E-state index in [4.69, 9.17) is 5.73 Å². The van der Waals surface area contributed by atoms with Crippen LogP contribution in [0.3, 0.4) is 0 Å². The molecule has 1 aliphatic rings. The standard InChI is InChI=1S/C12H23N3O2.ClH/c1-8(2)5-12(3,7-13)15-11(17)9-4-10(16)14-6-9;/h8-9H,4-7,13H2,1-3H3,(H,14,16)(H,15,17);1H. The normalized spacial score (nSPS) is 22.1. The minimum Gasteiger partial charge on any atom is -0.355 e. The van der Waals surface area contributed by atoms with E-state index in [1.807, 2.05) is 6.92 Å². The Balaban J connectivity index is 0.00000289. The minimum absolute atomic E-state index is 0. The highest BCUT2D eigenvalue weighted by Gasteiger charge is 2.33. The Morgan fingerprint density at radius 2 is 2.22 bits per heavy atom. The Morgan fingerprint density at radius 1 is 1.61 bits per heavy atom. The van der Waals surface area contributed by atoms with Gasteiger partial charge < -0.3 is 16.4 Å². The number of hydrogen-bond acceptors (Lipinski definition) is 3. The number of carbonyl (C=O) groups is 2. The Labute approximate surface area is 115 Å². The fourth-order valence-corrected chi connectivity index (χ4v) is 2.28. The second kappa shape index (κ2) is 6.95. The van der Waals surface area contributed by atoms with Gasteiger partial charge in [-0.05, 0) is 19.3 Å². The van der Waals surface area contributed by atoms with Gasteiger partial charge in [0.05, 0.1) is 5.92 Å². The van der Waals surface area contributed by atoms with Crippen LogP contribution in [-0.4, -0.2) is 30.4 Å². The van der Waals surface area contributed by atoms with Gasteiger partial charge in [-0.3, -0.25) is 9.59 Å². The van der Waals surface area contributed by atoms with Crippen molar-refractivity contribution in [2.75, 3.05) is 13.1 Å². The van der Waals surface area contributed by atoms with Crippen molar-refractivity contribution in [2.24, 2.45) is 17.6 Å². The van der Waals surface area contributed by atoms with Crippen LogP contribution in [0, 0.1) is 11.8 Å². The molecule has 1 saturated heterocycles. The van der Waals surface area contributed by atoms with Crippen molar-refractivity contribution in [3.8, 4) is 0 Å². The molecular weight excluding hydrogens is 254 g/mol. The molecule has 106 valence electrons. The number of carbonyl (C=O) groups excluding carboxylic acids is 2. The molecule has 0 aromatic carbocycles. The zero-order valence-electron chi connectivity index (χ0n) is 11.3. The molecule has 0 aromatic rings. The Kier molecular flexibility index (Phi) is 6.63. The van der Waals surface area contributed by atoms with Gasteiger partial charge in [-0.15, -0.1) is 12.4 Å². The van der Waals surface area contributed by atoms with Gasteiger partial charge in [0.15, 0.2) is 0 Å². The van der Waals surface area contributed by atoms with E-state index in [-0.39, 0.29) is 42.1 Å². The zero-order chi connectivity index (χ0) is 13.1. The summed E-state index contributed by atoms with van der Waals surface area (Å²) >= 11 is 0. The monoisotopic (exact) mass is 277 g/mol. The first-order valence-electron chi connectivity index (χ1n) is 6.15. The molecule has 0 bridgehead atoms. The molecule has 0 aromatic heterocycles. The van der Waals surface area contributed by atoms with Crippen molar-refractivity contribution in [3.05, 3.63) is 0 Å². The Morgan fingerprint density at radius 3 is 2.61 bits per heavy atom. The predicted octanol–water partition coefficient (Wildman–Crippen LogP) is 0.424. The van der Waals surface area contributed by atoms with Crippen LogP contribution in [0.25, 0.3) is 0 Å². The number of rotatable bonds is 5. The number of nitrogens with one attached hydrogen (secondary N) is 2. The average Bonchev–Trinajstić information content (AvgIpc) is 2.63. The highest BCUT2D eigenvalue weighted by molar-refractivity contribution is 5.89. The van der Waals surface area contributed by atoms with Crippen molar-refractivity contribution < 1.29 is 9.59 Å². The van der Waals surface area contributed by atoms with Gasteiger partial charge >= 0.3 is 0 Å². The highest BCUT2D eigenvalue weighted by Crippen LogP contribution is 2.17. The Hall–Kier alpha value is -0.810. The van der Waals surface area contributed by atoms with E-state index in [9.17, 15) is 9.59 Å². The third-order valence-corrected chi connectivity index (χ3v) is 3.08. The molecule has 0 aliphatic carbocycles. The molecule has 0 spiro atoms. The quantitative estimate of drug-likeness (QED) is 0.681. The van der Waals surface area contributed by atoms with Crippen LogP contribution in [0.5, 0.6) is 0 Å². The summed E-state index contributed by atoms with van der Waals surface area (Å²) in [4.78, 5) is 23.0. The molecule has 1 aliphatic heterocycles. The molecule has 2 atom stereocenters. The lowest BCUT2D eigenvalue weighted by atomic mass is 9.90. The molecule has 2 unspecified atom stereocenters. The second-order valence-electron chi connectivity index (χ2n) is 5.56. The zero-order valence-corrected chi connectivity index (χ0v) is 12.1. The molecule has 1 rings (SSSR count). The lowest BCUT2D eigenvalue weighted by Gasteiger charge is -2.32. The van der Waals surface area contributed by atoms with Crippen LogP contribution in [0.4, 0.5) is 0 Å². The summed E-state index contributed by atoms with van der Waals surface area (Å²) < 4.78 is 0. The average molecular weight is 278 g/mol. The highest BCUT2D eigenvalue weighted by atomic mass is 35.5. The summed E-state index contributed by atoms with van der Waals surface area (Å²) in [6.45, 7) is 6.99. The SMILES string of the molecule is CC(C)CC(C)(CN)NC(=O)C1CNC(=O)C1.Cl. The number of halogens is 1. The second-order valence-corrected chi connectivity index (χ2v) is 5.56. The molecule has 1 fully saturated rings. The van der Waals surface area contributed by atoms with Crippen molar-refractivity contribution in [1.82, 2.24) is 10.6 Å². The van der Waals surface area contributed by atoms with E-state index >= 15 is 0 Å². The van der Waals surface area contributed by atoms with Gasteiger partial charge in [0.1, 0.15) is 0 Å². The van der Waals surface area contributed by atoms with Crippen LogP contribution >= 0.6 is 12.4 Å². The van der Waals surface area contributed by atoms with E-state index < -0.39 is 0 Å². The first kappa shape index (κ1) is 17.2. The third-order valence-electron chi connectivity index (χ3n) is 3.08. The first-order chi connectivity index (χ1) is 7.86. The molecular formula is C12H24ClN3O2. The van der Waals surface area contributed by atoms with Crippen molar-refractivity contribution in [3.63, 3.8) is 0 Å². The summed E-state index contributed by atoms with van der Waals surface area (Å²) in [5.74, 6) is 0.0909. The summed E-state index contributed by atoms with van der Waals surface area (Å²) in [5, 5.41) is 5.64. The lowest BCUT2D eigenvalue weighted by Crippen LogP contribution is -2.54. The van der Waals surface area contributed by atoms with E-state index in [2.05, 4.69) is 24.5 Å². The molecule has 0 saturated carbocycles. The van der Waals surface area contributed by atoms with Crippen molar-refractivity contribution >= 4 is 24.2 Å². The first-order valence-corrected chi connectivity index (χ1v) is 6.15. The topological polar surface area (TPSA) is 84.2 Å². The van der Waals surface area contributed by atoms with Gasteiger partial charge in [0.25, 0.3) is 0 Å². The van der Waals surface area contributed by atoms with E-state index in [0.717, 1.165) is 6.42 Å². The predicted molar refractivity (Wildman–Crippen MR) is 73.4 cm³/mol.